The molecule has 1 atom stereocenters. The molecule has 0 bridgehead atoms. The second kappa shape index (κ2) is 12.3. The van der Waals surface area contributed by atoms with Gasteiger partial charge < -0.3 is 29.7 Å². The Kier molecular flexibility index (Phi) is 10.1. The SMILES string of the molecule is CN=C(NCCCOCC1CC1)NC1CCN(c2cc(OC)cc(OC)c2)C1.I. The minimum Gasteiger partial charge on any atom is -0.497 e. The van der Waals surface area contributed by atoms with Crippen molar-refractivity contribution in [1.29, 1.82) is 0 Å². The number of benzene rings is 1. The standard InChI is InChI=1S/C21H34N4O3.HI/c1-22-21(23-8-4-10-28-15-16-5-6-16)24-17-7-9-25(14-17)18-11-19(26-2)13-20(12-18)27-3;/h11-13,16-17H,4-10,14-15H2,1-3H3,(H2,22,23,24);1H. The zero-order chi connectivity index (χ0) is 19.8. The first-order valence-corrected chi connectivity index (χ1v) is 10.2. The van der Waals surface area contributed by atoms with E-state index in [2.05, 4.69) is 32.7 Å². The van der Waals surface area contributed by atoms with Gasteiger partial charge in [-0.2, -0.15) is 0 Å². The summed E-state index contributed by atoms with van der Waals surface area (Å²) in [5.74, 6) is 3.31. The highest BCUT2D eigenvalue weighted by Crippen LogP contribution is 2.30. The molecule has 1 saturated heterocycles. The Morgan fingerprint density at radius 1 is 1.14 bits per heavy atom. The molecule has 0 spiro atoms. The van der Waals surface area contributed by atoms with E-state index in [0.717, 1.165) is 74.8 Å². The van der Waals surface area contributed by atoms with Gasteiger partial charge in [-0.25, -0.2) is 0 Å². The van der Waals surface area contributed by atoms with Crippen molar-refractivity contribution >= 4 is 35.6 Å². The molecule has 8 heteroatoms. The Labute approximate surface area is 191 Å². The Balaban J connectivity index is 0.00000300. The minimum atomic E-state index is 0. The van der Waals surface area contributed by atoms with Gasteiger partial charge in [0.25, 0.3) is 0 Å². The summed E-state index contributed by atoms with van der Waals surface area (Å²) in [5, 5.41) is 6.93. The van der Waals surface area contributed by atoms with Crippen molar-refractivity contribution in [1.82, 2.24) is 10.6 Å². The van der Waals surface area contributed by atoms with E-state index in [1.54, 1.807) is 14.2 Å². The number of nitrogens with zero attached hydrogens (tertiary/aromatic N) is 2. The van der Waals surface area contributed by atoms with E-state index in [1.807, 2.05) is 13.1 Å². The lowest BCUT2D eigenvalue weighted by molar-refractivity contribution is 0.123. The van der Waals surface area contributed by atoms with Crippen LogP contribution >= 0.6 is 24.0 Å². The number of hydrogen-bond donors (Lipinski definition) is 2. The number of guanidine groups is 1. The fraction of sp³-hybridized carbons (Fsp3) is 0.667. The third-order valence-corrected chi connectivity index (χ3v) is 5.26. The number of nitrogens with one attached hydrogen (secondary N) is 2. The maximum Gasteiger partial charge on any atom is 0.191 e. The molecule has 1 aliphatic carbocycles. The molecule has 29 heavy (non-hydrogen) atoms. The maximum atomic E-state index is 5.68. The number of rotatable bonds is 10. The zero-order valence-electron chi connectivity index (χ0n) is 17.8. The molecule has 1 aromatic carbocycles. The van der Waals surface area contributed by atoms with Gasteiger partial charge in [-0.3, -0.25) is 4.99 Å². The molecule has 1 aliphatic heterocycles. The van der Waals surface area contributed by atoms with Crippen LogP contribution in [0.25, 0.3) is 0 Å². The van der Waals surface area contributed by atoms with Gasteiger partial charge in [0, 0.05) is 69.8 Å². The lowest BCUT2D eigenvalue weighted by Gasteiger charge is -2.21. The molecule has 7 nitrogen and oxygen atoms in total. The predicted molar refractivity (Wildman–Crippen MR) is 128 cm³/mol. The number of ether oxygens (including phenoxy) is 3. The molecule has 0 radical (unpaired) electrons. The molecule has 1 saturated carbocycles. The van der Waals surface area contributed by atoms with Crippen LogP contribution in [0, 0.1) is 5.92 Å². The number of methoxy groups -OCH3 is 2. The molecule has 164 valence electrons. The zero-order valence-corrected chi connectivity index (χ0v) is 20.1. The van der Waals surface area contributed by atoms with E-state index in [-0.39, 0.29) is 24.0 Å². The third-order valence-electron chi connectivity index (χ3n) is 5.26. The number of anilines is 1. The molecule has 1 heterocycles. The first-order valence-electron chi connectivity index (χ1n) is 10.2. The highest BCUT2D eigenvalue weighted by atomic mass is 127. The summed E-state index contributed by atoms with van der Waals surface area (Å²) in [6, 6.07) is 6.36. The molecule has 0 aromatic heterocycles. The summed E-state index contributed by atoms with van der Waals surface area (Å²) >= 11 is 0. The van der Waals surface area contributed by atoms with Gasteiger partial charge in [-0.15, -0.1) is 24.0 Å². The lowest BCUT2D eigenvalue weighted by atomic mass is 10.2. The minimum absolute atomic E-state index is 0. The van der Waals surface area contributed by atoms with Crippen LogP contribution in [0.4, 0.5) is 5.69 Å². The summed E-state index contributed by atoms with van der Waals surface area (Å²) in [6.45, 7) is 4.52. The maximum absolute atomic E-state index is 5.68. The van der Waals surface area contributed by atoms with Crippen molar-refractivity contribution in [3.8, 4) is 11.5 Å². The predicted octanol–water partition coefficient (Wildman–Crippen LogP) is 2.88. The van der Waals surface area contributed by atoms with Crippen molar-refractivity contribution in [3.05, 3.63) is 18.2 Å². The second-order valence-corrected chi connectivity index (χ2v) is 7.52. The molecule has 2 aliphatic rings. The van der Waals surface area contributed by atoms with E-state index >= 15 is 0 Å². The normalized spacial score (nSPS) is 18.9. The van der Waals surface area contributed by atoms with Crippen LogP contribution in [0.15, 0.2) is 23.2 Å². The Morgan fingerprint density at radius 2 is 1.86 bits per heavy atom. The highest BCUT2D eigenvalue weighted by Gasteiger charge is 2.24. The van der Waals surface area contributed by atoms with Gasteiger partial charge in [0.1, 0.15) is 11.5 Å². The van der Waals surface area contributed by atoms with Crippen molar-refractivity contribution < 1.29 is 14.2 Å². The van der Waals surface area contributed by atoms with Gasteiger partial charge >= 0.3 is 0 Å². The van der Waals surface area contributed by atoms with Crippen LogP contribution < -0.4 is 25.0 Å². The van der Waals surface area contributed by atoms with Crippen molar-refractivity contribution in [2.75, 3.05) is 59.0 Å². The van der Waals surface area contributed by atoms with E-state index < -0.39 is 0 Å². The average Bonchev–Trinajstić information content (AvgIpc) is 3.44. The van der Waals surface area contributed by atoms with Crippen LogP contribution in [-0.4, -0.2) is 66.1 Å². The molecular formula is C21H35IN4O3. The van der Waals surface area contributed by atoms with E-state index in [4.69, 9.17) is 14.2 Å². The smallest absolute Gasteiger partial charge is 0.191 e. The Bertz CT molecular complexity index is 633. The van der Waals surface area contributed by atoms with Crippen molar-refractivity contribution in [2.24, 2.45) is 10.9 Å². The first-order chi connectivity index (χ1) is 13.7. The van der Waals surface area contributed by atoms with Crippen LogP contribution in [0.3, 0.4) is 0 Å². The Morgan fingerprint density at radius 3 is 2.48 bits per heavy atom. The van der Waals surface area contributed by atoms with Crippen LogP contribution in [0.1, 0.15) is 25.7 Å². The summed E-state index contributed by atoms with van der Waals surface area (Å²) in [7, 11) is 5.18. The fourth-order valence-electron chi connectivity index (χ4n) is 3.39. The molecule has 0 amide bonds. The van der Waals surface area contributed by atoms with E-state index in [0.29, 0.717) is 6.04 Å². The quantitative estimate of drug-likeness (QED) is 0.215. The van der Waals surface area contributed by atoms with Gasteiger partial charge in [0.2, 0.25) is 0 Å². The lowest BCUT2D eigenvalue weighted by Crippen LogP contribution is -2.45. The van der Waals surface area contributed by atoms with Gasteiger partial charge in [-0.1, -0.05) is 0 Å². The summed E-state index contributed by atoms with van der Waals surface area (Å²) in [6.07, 6.45) is 4.74. The summed E-state index contributed by atoms with van der Waals surface area (Å²) < 4.78 is 16.5. The van der Waals surface area contributed by atoms with Crippen LogP contribution in [0.5, 0.6) is 11.5 Å². The van der Waals surface area contributed by atoms with Crippen molar-refractivity contribution in [2.45, 2.75) is 31.7 Å². The third kappa shape index (κ3) is 7.73. The van der Waals surface area contributed by atoms with Crippen molar-refractivity contribution in [3.63, 3.8) is 0 Å². The van der Waals surface area contributed by atoms with Crippen LogP contribution in [0.2, 0.25) is 0 Å². The molecule has 3 rings (SSSR count). The second-order valence-electron chi connectivity index (χ2n) is 7.52. The highest BCUT2D eigenvalue weighted by molar-refractivity contribution is 14.0. The van der Waals surface area contributed by atoms with Gasteiger partial charge in [0.15, 0.2) is 5.96 Å². The summed E-state index contributed by atoms with van der Waals surface area (Å²) in [5.41, 5.74) is 1.12. The molecule has 2 fully saturated rings. The average molecular weight is 518 g/mol. The largest absolute Gasteiger partial charge is 0.497 e. The Hall–Kier alpha value is -1.42. The van der Waals surface area contributed by atoms with Crippen LogP contribution in [-0.2, 0) is 4.74 Å². The van der Waals surface area contributed by atoms with Gasteiger partial charge in [0.05, 0.1) is 14.2 Å². The molecule has 2 N–H and O–H groups in total. The van der Waals surface area contributed by atoms with E-state index in [9.17, 15) is 0 Å². The molecular weight excluding hydrogens is 483 g/mol. The summed E-state index contributed by atoms with van der Waals surface area (Å²) in [4.78, 5) is 6.70. The fourth-order valence-corrected chi connectivity index (χ4v) is 3.39. The monoisotopic (exact) mass is 518 g/mol. The number of hydrogen-bond acceptors (Lipinski definition) is 5. The number of aliphatic imine (C=N–C) groups is 1. The number of halogens is 1. The first kappa shape index (κ1) is 23.9. The van der Waals surface area contributed by atoms with Gasteiger partial charge in [-0.05, 0) is 31.6 Å². The van der Waals surface area contributed by atoms with E-state index in [1.165, 1.54) is 12.8 Å². The molecule has 1 aromatic rings. The topological polar surface area (TPSA) is 67.4 Å². The molecule has 1 unspecified atom stereocenters.